The first-order valence-electron chi connectivity index (χ1n) is 9.67. The predicted octanol–water partition coefficient (Wildman–Crippen LogP) is 4.15. The van der Waals surface area contributed by atoms with E-state index in [1.807, 2.05) is 43.0 Å². The van der Waals surface area contributed by atoms with E-state index in [2.05, 4.69) is 12.1 Å². The van der Waals surface area contributed by atoms with E-state index in [1.165, 1.54) is 0 Å². The van der Waals surface area contributed by atoms with Gasteiger partial charge in [-0.2, -0.15) is 0 Å². The van der Waals surface area contributed by atoms with Gasteiger partial charge in [-0.25, -0.2) is 0 Å². The summed E-state index contributed by atoms with van der Waals surface area (Å²) in [5, 5.41) is 3.94. The highest BCUT2D eigenvalue weighted by molar-refractivity contribution is 5.91. The molecule has 1 amide bonds. The van der Waals surface area contributed by atoms with E-state index >= 15 is 0 Å². The molecule has 1 aliphatic heterocycles. The smallest absolute Gasteiger partial charge is 0.246 e. The number of nitrogens with zero attached hydrogens (tertiary/aromatic N) is 2. The van der Waals surface area contributed by atoms with Crippen molar-refractivity contribution >= 4 is 12.0 Å². The van der Waals surface area contributed by atoms with Crippen LogP contribution in [-0.4, -0.2) is 36.2 Å². The molecular weight excluding hydrogens is 356 g/mol. The maximum Gasteiger partial charge on any atom is 0.246 e. The van der Waals surface area contributed by atoms with Gasteiger partial charge in [0.1, 0.15) is 12.4 Å². The zero-order chi connectivity index (χ0) is 20.1. The molecule has 0 spiro atoms. The molecule has 28 heavy (non-hydrogen) atoms. The van der Waals surface area contributed by atoms with Crippen LogP contribution in [0.15, 0.2) is 28.8 Å². The molecule has 1 aromatic carbocycles. The number of aryl methyl sites for hydroxylation is 2. The summed E-state index contributed by atoms with van der Waals surface area (Å²) in [5.74, 6) is 2.77. The molecule has 0 N–H and O–H groups in total. The molecule has 6 heteroatoms. The minimum atomic E-state index is 0.0598. The van der Waals surface area contributed by atoms with Gasteiger partial charge in [-0.15, -0.1) is 0 Å². The van der Waals surface area contributed by atoms with Crippen LogP contribution in [0.1, 0.15) is 42.3 Å². The van der Waals surface area contributed by atoms with Crippen molar-refractivity contribution in [3.8, 4) is 11.5 Å². The van der Waals surface area contributed by atoms with Crippen molar-refractivity contribution in [1.29, 1.82) is 0 Å². The van der Waals surface area contributed by atoms with Crippen molar-refractivity contribution in [2.24, 2.45) is 5.92 Å². The molecule has 0 saturated carbocycles. The Kier molecular flexibility index (Phi) is 6.39. The van der Waals surface area contributed by atoms with E-state index in [1.54, 1.807) is 13.2 Å². The molecule has 6 nitrogen and oxygen atoms in total. The second-order valence-electron chi connectivity index (χ2n) is 7.34. The fraction of sp³-hybridized carbons (Fsp3) is 0.455. The zero-order valence-corrected chi connectivity index (χ0v) is 17.0. The lowest BCUT2D eigenvalue weighted by molar-refractivity contribution is -0.127. The Balaban J connectivity index is 1.64. The number of benzene rings is 1. The molecular formula is C22H28N2O4. The van der Waals surface area contributed by atoms with Gasteiger partial charge in [0.2, 0.25) is 5.91 Å². The van der Waals surface area contributed by atoms with E-state index < -0.39 is 0 Å². The molecule has 0 radical (unpaired) electrons. The Morgan fingerprint density at radius 1 is 1.29 bits per heavy atom. The molecule has 1 aromatic heterocycles. The van der Waals surface area contributed by atoms with E-state index in [0.29, 0.717) is 24.0 Å². The number of carbonyl (C=O) groups is 1. The topological polar surface area (TPSA) is 64.8 Å². The monoisotopic (exact) mass is 384 g/mol. The number of hydrogen-bond acceptors (Lipinski definition) is 5. The number of likely N-dealkylation sites (tertiary alicyclic amines) is 1. The lowest BCUT2D eigenvalue weighted by Crippen LogP contribution is -2.36. The summed E-state index contributed by atoms with van der Waals surface area (Å²) in [6.45, 7) is 8.02. The van der Waals surface area contributed by atoms with Gasteiger partial charge in [0, 0.05) is 19.2 Å². The van der Waals surface area contributed by atoms with Crippen LogP contribution in [-0.2, 0) is 11.4 Å². The number of methoxy groups -OCH3 is 1. The second-order valence-corrected chi connectivity index (χ2v) is 7.34. The van der Waals surface area contributed by atoms with Crippen molar-refractivity contribution in [1.82, 2.24) is 10.1 Å². The van der Waals surface area contributed by atoms with Gasteiger partial charge >= 0.3 is 0 Å². The summed E-state index contributed by atoms with van der Waals surface area (Å²) in [6.07, 6.45) is 5.60. The lowest BCUT2D eigenvalue weighted by Gasteiger charge is -2.29. The second kappa shape index (κ2) is 8.95. The van der Waals surface area contributed by atoms with Gasteiger partial charge in [-0.1, -0.05) is 18.1 Å². The number of piperidine rings is 1. The summed E-state index contributed by atoms with van der Waals surface area (Å²) in [6, 6.07) is 5.63. The van der Waals surface area contributed by atoms with Crippen LogP contribution in [0, 0.1) is 19.8 Å². The first-order chi connectivity index (χ1) is 13.5. The third-order valence-electron chi connectivity index (χ3n) is 5.25. The highest BCUT2D eigenvalue weighted by atomic mass is 16.5. The van der Waals surface area contributed by atoms with Gasteiger partial charge in [0.05, 0.1) is 18.4 Å². The van der Waals surface area contributed by atoms with Crippen LogP contribution in [0.5, 0.6) is 11.5 Å². The maximum atomic E-state index is 12.4. The maximum absolute atomic E-state index is 12.4. The van der Waals surface area contributed by atoms with E-state index in [4.69, 9.17) is 14.0 Å². The quantitative estimate of drug-likeness (QED) is 0.700. The molecule has 0 bridgehead atoms. The first-order valence-corrected chi connectivity index (χ1v) is 9.67. The average molecular weight is 384 g/mol. The lowest BCUT2D eigenvalue weighted by atomic mass is 9.99. The average Bonchev–Trinajstić information content (AvgIpc) is 3.03. The van der Waals surface area contributed by atoms with Gasteiger partial charge in [0.15, 0.2) is 11.5 Å². The number of hydrogen-bond donors (Lipinski definition) is 0. The zero-order valence-electron chi connectivity index (χ0n) is 17.0. The van der Waals surface area contributed by atoms with Gasteiger partial charge in [-0.3, -0.25) is 4.79 Å². The number of rotatable bonds is 6. The predicted molar refractivity (Wildman–Crippen MR) is 107 cm³/mol. The molecule has 0 unspecified atom stereocenters. The van der Waals surface area contributed by atoms with Crippen molar-refractivity contribution < 1.29 is 18.8 Å². The van der Waals surface area contributed by atoms with E-state index in [0.717, 1.165) is 48.5 Å². The van der Waals surface area contributed by atoms with Crippen molar-refractivity contribution in [2.75, 3.05) is 20.2 Å². The third kappa shape index (κ3) is 4.74. The highest BCUT2D eigenvalue weighted by Crippen LogP contribution is 2.30. The number of carbonyl (C=O) groups excluding carboxylic acids is 1. The summed E-state index contributed by atoms with van der Waals surface area (Å²) in [7, 11) is 1.60. The van der Waals surface area contributed by atoms with E-state index in [9.17, 15) is 4.79 Å². The Hall–Kier alpha value is -2.76. The molecule has 3 rings (SSSR count). The molecule has 0 atom stereocenters. The van der Waals surface area contributed by atoms with Crippen molar-refractivity contribution in [3.63, 3.8) is 0 Å². The minimum Gasteiger partial charge on any atom is -0.493 e. The molecule has 2 aromatic rings. The number of aromatic nitrogens is 1. The SMILES string of the molecule is COc1cc(/C=C/C(=O)N2CCC(C)CC2)ccc1OCc1c(C)noc1C. The van der Waals surface area contributed by atoms with E-state index in [-0.39, 0.29) is 5.91 Å². The van der Waals surface area contributed by atoms with Crippen LogP contribution >= 0.6 is 0 Å². The fourth-order valence-corrected chi connectivity index (χ4v) is 3.27. The van der Waals surface area contributed by atoms with Crippen molar-refractivity contribution in [3.05, 3.63) is 46.9 Å². The summed E-state index contributed by atoms with van der Waals surface area (Å²) >= 11 is 0. The molecule has 150 valence electrons. The molecule has 0 aliphatic carbocycles. The van der Waals surface area contributed by atoms with Crippen LogP contribution in [0.25, 0.3) is 6.08 Å². The summed E-state index contributed by atoms with van der Waals surface area (Å²) in [4.78, 5) is 14.3. The summed E-state index contributed by atoms with van der Waals surface area (Å²) < 4.78 is 16.5. The molecule has 1 fully saturated rings. The van der Waals surface area contributed by atoms with Crippen LogP contribution < -0.4 is 9.47 Å². The number of amides is 1. The van der Waals surface area contributed by atoms with Crippen LogP contribution in [0.2, 0.25) is 0 Å². The Morgan fingerprint density at radius 3 is 2.68 bits per heavy atom. The molecule has 1 saturated heterocycles. The van der Waals surface area contributed by atoms with Gasteiger partial charge in [-0.05, 0) is 56.4 Å². The minimum absolute atomic E-state index is 0.0598. The number of ether oxygens (including phenoxy) is 2. The fourth-order valence-electron chi connectivity index (χ4n) is 3.27. The molecule has 2 heterocycles. The van der Waals surface area contributed by atoms with Gasteiger partial charge < -0.3 is 18.9 Å². The first kappa shape index (κ1) is 20.0. The van der Waals surface area contributed by atoms with Crippen molar-refractivity contribution in [2.45, 2.75) is 40.2 Å². The standard InChI is InChI=1S/C22H28N2O4/c1-15-9-11-24(12-10-15)22(25)8-6-18-5-7-20(21(13-18)26-4)27-14-19-16(2)23-28-17(19)3/h5-8,13,15H,9-12,14H2,1-4H3/b8-6+. The Labute approximate surface area is 166 Å². The van der Waals surface area contributed by atoms with Crippen LogP contribution in [0.4, 0.5) is 0 Å². The summed E-state index contributed by atoms with van der Waals surface area (Å²) in [5.41, 5.74) is 2.65. The molecule has 1 aliphatic rings. The largest absolute Gasteiger partial charge is 0.493 e. The normalized spacial score (nSPS) is 15.2. The Morgan fingerprint density at radius 2 is 2.04 bits per heavy atom. The van der Waals surface area contributed by atoms with Gasteiger partial charge in [0.25, 0.3) is 0 Å². The Bertz CT molecular complexity index is 829. The third-order valence-corrected chi connectivity index (χ3v) is 5.25. The highest BCUT2D eigenvalue weighted by Gasteiger charge is 2.18. The van der Waals surface area contributed by atoms with Crippen LogP contribution in [0.3, 0.4) is 0 Å².